The summed E-state index contributed by atoms with van der Waals surface area (Å²) in [5.74, 6) is 0.218. The molecule has 3 nitrogen and oxygen atoms in total. The first kappa shape index (κ1) is 8.11. The number of rotatable bonds is 2. The van der Waals surface area contributed by atoms with Crippen LogP contribution in [0.4, 0.5) is 5.69 Å². The van der Waals surface area contributed by atoms with Crippen molar-refractivity contribution in [2.75, 3.05) is 12.3 Å². The second kappa shape index (κ2) is 4.31. The Kier molecular flexibility index (Phi) is 1.94. The maximum absolute atomic E-state index is 9.47. The Labute approximate surface area is 113 Å². The van der Waals surface area contributed by atoms with Gasteiger partial charge in [-0.2, -0.15) is 0 Å². The summed E-state index contributed by atoms with van der Waals surface area (Å²) < 4.78 is 22.4. The van der Waals surface area contributed by atoms with Gasteiger partial charge in [-0.25, -0.2) is 4.98 Å². The van der Waals surface area contributed by atoms with Gasteiger partial charge in [-0.3, -0.25) is 0 Å². The summed E-state index contributed by atoms with van der Waals surface area (Å²) in [4.78, 5) is 4.50. The monoisotopic (exact) mass is 258 g/mol. The minimum absolute atomic E-state index is 0.218. The van der Waals surface area contributed by atoms with Crippen molar-refractivity contribution in [3.05, 3.63) is 42.5 Å². The smallest absolute Gasteiger partial charge is 0.124 e. The van der Waals surface area contributed by atoms with Crippen LogP contribution in [0.15, 0.2) is 42.5 Å². The van der Waals surface area contributed by atoms with Crippen molar-refractivity contribution in [1.29, 1.82) is 0 Å². The number of phenols is 1. The Morgan fingerprint density at radius 1 is 1.22 bits per heavy atom. The lowest BCUT2D eigenvalue weighted by molar-refractivity contribution is 0.476. The van der Waals surface area contributed by atoms with Crippen LogP contribution in [0.1, 0.15) is 4.11 Å². The first-order valence-electron chi connectivity index (χ1n) is 6.89. The van der Waals surface area contributed by atoms with Crippen molar-refractivity contribution in [2.24, 2.45) is 0 Å². The number of anilines is 1. The molecular weight excluding hydrogens is 243 g/mol. The fraction of sp³-hybridized carbons (Fsp3) is 0.0714. The van der Waals surface area contributed by atoms with E-state index >= 15 is 0 Å². The number of aromatic nitrogens is 1. The van der Waals surface area contributed by atoms with Gasteiger partial charge in [0.1, 0.15) is 10.8 Å². The van der Waals surface area contributed by atoms with Crippen LogP contribution >= 0.6 is 11.3 Å². The van der Waals surface area contributed by atoms with Gasteiger partial charge in [0.25, 0.3) is 0 Å². The average molecular weight is 258 g/mol. The molecule has 0 aliphatic heterocycles. The summed E-state index contributed by atoms with van der Waals surface area (Å²) in [5.41, 5.74) is 2.28. The molecule has 0 amide bonds. The van der Waals surface area contributed by atoms with Crippen LogP contribution in [0.25, 0.3) is 20.8 Å². The summed E-state index contributed by atoms with van der Waals surface area (Å²) in [7, 11) is 0. The Morgan fingerprint density at radius 2 is 2.06 bits per heavy atom. The van der Waals surface area contributed by atoms with Gasteiger partial charge in [0.2, 0.25) is 0 Å². The Hall–Kier alpha value is -2.07. The number of fused-ring (bicyclic) bond motifs is 1. The third-order valence-electron chi connectivity index (χ3n) is 2.65. The molecule has 0 radical (unpaired) electrons. The molecule has 0 saturated heterocycles. The van der Waals surface area contributed by atoms with Gasteiger partial charge in [-0.05, 0) is 42.5 Å². The molecule has 0 aliphatic carbocycles. The summed E-state index contributed by atoms with van der Waals surface area (Å²) in [6.07, 6.45) is 0. The Morgan fingerprint density at radius 3 is 2.83 bits per heavy atom. The zero-order chi connectivity index (χ0) is 15.0. The SMILES string of the molecule is [2H][11C]([2H])([2H])Nc1ccc(-c2nc3ccc(O)cc3s2)cc1. The molecule has 1 heterocycles. The lowest BCUT2D eigenvalue weighted by atomic mass is 10.2. The molecule has 2 N–H and O–H groups in total. The minimum Gasteiger partial charge on any atom is -0.508 e. The van der Waals surface area contributed by atoms with E-state index in [2.05, 4.69) is 10.3 Å². The Bertz CT molecular complexity index is 781. The maximum atomic E-state index is 9.47. The molecule has 2 aromatic carbocycles. The quantitative estimate of drug-likeness (QED) is 0.736. The summed E-state index contributed by atoms with van der Waals surface area (Å²) in [5, 5.41) is 12.7. The van der Waals surface area contributed by atoms with Crippen LogP contribution in [-0.2, 0) is 0 Å². The normalized spacial score (nSPS) is 13.9. The molecule has 0 unspecified atom stereocenters. The molecule has 1 aromatic heterocycles. The molecule has 0 bridgehead atoms. The highest BCUT2D eigenvalue weighted by atomic mass is 32.1. The first-order chi connectivity index (χ1) is 9.90. The van der Waals surface area contributed by atoms with Crippen molar-refractivity contribution in [3.8, 4) is 16.3 Å². The number of phenolic OH excluding ortho intramolecular Hbond substituents is 1. The minimum atomic E-state index is -2.20. The molecule has 0 fully saturated rings. The lowest BCUT2D eigenvalue weighted by Gasteiger charge is -2.00. The number of hydrogen-bond acceptors (Lipinski definition) is 4. The number of hydrogen-bond donors (Lipinski definition) is 2. The second-order valence-corrected chi connectivity index (χ2v) is 4.90. The van der Waals surface area contributed by atoms with Crippen LogP contribution in [0.2, 0.25) is 0 Å². The van der Waals surface area contributed by atoms with E-state index in [0.29, 0.717) is 5.69 Å². The standard InChI is InChI=1S/C14H12N2OS/c1-15-10-4-2-9(3-5-10)14-16-12-7-6-11(17)8-13(12)18-14/h2-8,15,17H,1H3/i1-1D3. The highest BCUT2D eigenvalue weighted by Gasteiger charge is 2.06. The van der Waals surface area contributed by atoms with Crippen LogP contribution in [-0.4, -0.2) is 17.1 Å². The molecule has 90 valence electrons. The van der Waals surface area contributed by atoms with Gasteiger partial charge in [-0.1, -0.05) is 0 Å². The Balaban J connectivity index is 1.91. The fourth-order valence-corrected chi connectivity index (χ4v) is 2.74. The third kappa shape index (κ3) is 1.91. The molecule has 0 spiro atoms. The highest BCUT2D eigenvalue weighted by molar-refractivity contribution is 7.21. The van der Waals surface area contributed by atoms with Crippen molar-refractivity contribution in [1.82, 2.24) is 4.98 Å². The molecular formula is C14H12N2OS. The second-order valence-electron chi connectivity index (χ2n) is 3.87. The van der Waals surface area contributed by atoms with Crippen molar-refractivity contribution in [3.63, 3.8) is 0 Å². The van der Waals surface area contributed by atoms with Gasteiger partial charge in [-0.15, -0.1) is 11.3 Å². The summed E-state index contributed by atoms with van der Waals surface area (Å²) in [6.45, 7) is -2.20. The maximum Gasteiger partial charge on any atom is 0.124 e. The van der Waals surface area contributed by atoms with Crippen LogP contribution in [0.3, 0.4) is 0 Å². The topological polar surface area (TPSA) is 45.2 Å². The van der Waals surface area contributed by atoms with Crippen LogP contribution in [0.5, 0.6) is 5.75 Å². The van der Waals surface area contributed by atoms with E-state index in [1.807, 2.05) is 12.1 Å². The molecule has 3 rings (SSSR count). The molecule has 0 saturated carbocycles. The van der Waals surface area contributed by atoms with Crippen molar-refractivity contribution in [2.45, 2.75) is 0 Å². The van der Waals surface area contributed by atoms with Gasteiger partial charge >= 0.3 is 0 Å². The van der Waals surface area contributed by atoms with Crippen molar-refractivity contribution < 1.29 is 9.22 Å². The van der Waals surface area contributed by atoms with E-state index in [4.69, 9.17) is 4.11 Å². The first-order valence-corrected chi connectivity index (χ1v) is 6.20. The lowest BCUT2D eigenvalue weighted by Crippen LogP contribution is -1.86. The number of benzene rings is 2. The fourth-order valence-electron chi connectivity index (χ4n) is 1.73. The van der Waals surface area contributed by atoms with Crippen molar-refractivity contribution >= 4 is 27.2 Å². The molecule has 3 aromatic rings. The predicted octanol–water partition coefficient (Wildman–Crippen LogP) is 3.71. The van der Waals surface area contributed by atoms with E-state index in [0.717, 1.165) is 20.8 Å². The zero-order valence-electron chi connectivity index (χ0n) is 12.3. The zero-order valence-corrected chi connectivity index (χ0v) is 10.2. The number of thiazole rings is 1. The van der Waals surface area contributed by atoms with Gasteiger partial charge in [0, 0.05) is 22.3 Å². The van der Waals surface area contributed by atoms with E-state index < -0.39 is 6.98 Å². The number of nitrogens with zero attached hydrogens (tertiary/aromatic N) is 1. The molecule has 0 aliphatic rings. The van der Waals surface area contributed by atoms with E-state index in [-0.39, 0.29) is 5.75 Å². The third-order valence-corrected chi connectivity index (χ3v) is 3.72. The van der Waals surface area contributed by atoms with Gasteiger partial charge in [0.15, 0.2) is 0 Å². The predicted molar refractivity (Wildman–Crippen MR) is 76.3 cm³/mol. The molecule has 18 heavy (non-hydrogen) atoms. The van der Waals surface area contributed by atoms with E-state index in [1.165, 1.54) is 11.3 Å². The number of nitrogens with one attached hydrogen (secondary N) is 1. The van der Waals surface area contributed by atoms with E-state index in [9.17, 15) is 5.11 Å². The average Bonchev–Trinajstić information content (AvgIpc) is 2.80. The van der Waals surface area contributed by atoms with E-state index in [1.54, 1.807) is 30.3 Å². The number of aromatic hydroxyl groups is 1. The van der Waals surface area contributed by atoms with Gasteiger partial charge < -0.3 is 10.4 Å². The summed E-state index contributed by atoms with van der Waals surface area (Å²) >= 11 is 1.48. The van der Waals surface area contributed by atoms with Gasteiger partial charge in [0.05, 0.1) is 10.2 Å². The van der Waals surface area contributed by atoms with Crippen LogP contribution in [0, 0.1) is 0 Å². The molecule has 0 atom stereocenters. The molecule has 4 heteroatoms. The summed E-state index contributed by atoms with van der Waals surface area (Å²) in [6, 6.07) is 12.1. The largest absolute Gasteiger partial charge is 0.508 e. The van der Waals surface area contributed by atoms with Crippen LogP contribution < -0.4 is 5.32 Å². The highest BCUT2D eigenvalue weighted by Crippen LogP contribution is 2.32.